The van der Waals surface area contributed by atoms with Crippen LogP contribution in [0.3, 0.4) is 0 Å². The van der Waals surface area contributed by atoms with Crippen molar-refractivity contribution >= 4 is 48.1 Å². The van der Waals surface area contributed by atoms with E-state index < -0.39 is 47.9 Å². The minimum Gasteiger partial charge on any atom is -0.480 e. The highest BCUT2D eigenvalue weighted by Crippen LogP contribution is 2.07. The highest BCUT2D eigenvalue weighted by molar-refractivity contribution is 7.98. The molecule has 0 aromatic carbocycles. The van der Waals surface area contributed by atoms with Crippen molar-refractivity contribution in [1.82, 2.24) is 16.0 Å². The van der Waals surface area contributed by atoms with Gasteiger partial charge in [-0.2, -0.15) is 24.4 Å². The zero-order chi connectivity index (χ0) is 24.0. The van der Waals surface area contributed by atoms with Gasteiger partial charge in [-0.25, -0.2) is 4.79 Å². The molecule has 4 atom stereocenters. The smallest absolute Gasteiger partial charge is 0.327 e. The maximum atomic E-state index is 12.9. The number of aliphatic carboxylic acids is 1. The van der Waals surface area contributed by atoms with Gasteiger partial charge >= 0.3 is 5.97 Å². The molecular formula is C19H37N5O5S2. The number of thioether (sulfide) groups is 1. The third-order valence-electron chi connectivity index (χ3n) is 4.59. The lowest BCUT2D eigenvalue weighted by Crippen LogP contribution is -2.58. The summed E-state index contributed by atoms with van der Waals surface area (Å²) < 4.78 is 0. The van der Waals surface area contributed by atoms with Crippen LogP contribution < -0.4 is 27.4 Å². The molecule has 0 aliphatic rings. The lowest BCUT2D eigenvalue weighted by Gasteiger charge is -2.26. The molecule has 0 aliphatic carbocycles. The Morgan fingerprint density at radius 1 is 0.968 bits per heavy atom. The van der Waals surface area contributed by atoms with Crippen LogP contribution in [0.15, 0.2) is 0 Å². The maximum absolute atomic E-state index is 12.9. The normalized spacial score (nSPS) is 14.9. The molecule has 4 unspecified atom stereocenters. The predicted octanol–water partition coefficient (Wildman–Crippen LogP) is -0.679. The zero-order valence-electron chi connectivity index (χ0n) is 18.4. The van der Waals surface area contributed by atoms with Gasteiger partial charge in [0.15, 0.2) is 0 Å². The summed E-state index contributed by atoms with van der Waals surface area (Å²) >= 11 is 5.42. The van der Waals surface area contributed by atoms with Crippen molar-refractivity contribution in [1.29, 1.82) is 0 Å². The molecule has 0 aliphatic heterocycles. The van der Waals surface area contributed by atoms with Crippen LogP contribution >= 0.6 is 24.4 Å². The Kier molecular flexibility index (Phi) is 15.4. The molecule has 0 bridgehead atoms. The molecule has 31 heavy (non-hydrogen) atoms. The van der Waals surface area contributed by atoms with Gasteiger partial charge in [0.05, 0.1) is 6.04 Å². The summed E-state index contributed by atoms with van der Waals surface area (Å²) in [7, 11) is 0. The second kappa shape index (κ2) is 16.2. The van der Waals surface area contributed by atoms with Crippen LogP contribution in [-0.2, 0) is 19.2 Å². The number of nitrogens with two attached hydrogens (primary N) is 2. The standard InChI is InChI=1S/C19H37N5O5S2/c1-11(2)15(24-16(25)12(21)6-4-5-8-20)18(27)22-13(7-9-31-3)17(26)23-14(10-30)19(28)29/h11-15,30H,4-10,20-21H2,1-3H3,(H,22,27)(H,23,26)(H,24,25)(H,28,29). The average molecular weight is 480 g/mol. The van der Waals surface area contributed by atoms with E-state index >= 15 is 0 Å². The van der Waals surface area contributed by atoms with E-state index in [-0.39, 0.29) is 11.7 Å². The van der Waals surface area contributed by atoms with Crippen molar-refractivity contribution < 1.29 is 24.3 Å². The van der Waals surface area contributed by atoms with Gasteiger partial charge in [0, 0.05) is 5.75 Å². The Bertz CT molecular complexity index is 594. The SMILES string of the molecule is CSCCC(NC(=O)C(NC(=O)C(N)CCCCN)C(C)C)C(=O)NC(CS)C(=O)O. The number of unbranched alkanes of at least 4 members (excludes halogenated alkanes) is 1. The van der Waals surface area contributed by atoms with E-state index in [0.29, 0.717) is 31.6 Å². The van der Waals surface area contributed by atoms with E-state index in [9.17, 15) is 19.2 Å². The maximum Gasteiger partial charge on any atom is 0.327 e. The van der Waals surface area contributed by atoms with Crippen molar-refractivity contribution in [3.63, 3.8) is 0 Å². The first-order valence-electron chi connectivity index (χ1n) is 10.3. The zero-order valence-corrected chi connectivity index (χ0v) is 20.1. The molecule has 0 aromatic heterocycles. The Balaban J connectivity index is 5.19. The molecule has 0 aromatic rings. The molecular weight excluding hydrogens is 442 g/mol. The average Bonchev–Trinajstić information content (AvgIpc) is 2.71. The monoisotopic (exact) mass is 479 g/mol. The summed E-state index contributed by atoms with van der Waals surface area (Å²) in [6.07, 6.45) is 4.07. The lowest BCUT2D eigenvalue weighted by molar-refractivity contribution is -0.141. The molecule has 0 heterocycles. The second-order valence-electron chi connectivity index (χ2n) is 7.55. The van der Waals surface area contributed by atoms with Crippen LogP contribution in [0.2, 0.25) is 0 Å². The van der Waals surface area contributed by atoms with E-state index in [2.05, 4.69) is 28.6 Å². The third kappa shape index (κ3) is 11.6. The van der Waals surface area contributed by atoms with Gasteiger partial charge < -0.3 is 32.5 Å². The van der Waals surface area contributed by atoms with Crippen LogP contribution in [0.25, 0.3) is 0 Å². The second-order valence-corrected chi connectivity index (χ2v) is 8.90. The van der Waals surface area contributed by atoms with Gasteiger partial charge in [-0.05, 0) is 43.7 Å². The highest BCUT2D eigenvalue weighted by Gasteiger charge is 2.31. The van der Waals surface area contributed by atoms with Crippen molar-refractivity contribution in [3.05, 3.63) is 0 Å². The fourth-order valence-corrected chi connectivity index (χ4v) is 3.38. The summed E-state index contributed by atoms with van der Waals surface area (Å²) in [5.41, 5.74) is 11.4. The van der Waals surface area contributed by atoms with Crippen molar-refractivity contribution in [2.24, 2.45) is 17.4 Å². The molecule has 0 radical (unpaired) electrons. The van der Waals surface area contributed by atoms with Crippen LogP contribution in [0.1, 0.15) is 39.5 Å². The fourth-order valence-electron chi connectivity index (χ4n) is 2.66. The third-order valence-corrected chi connectivity index (χ3v) is 5.60. The minimum atomic E-state index is -1.21. The number of carbonyl (C=O) groups is 4. The van der Waals surface area contributed by atoms with Gasteiger partial charge in [-0.1, -0.05) is 20.3 Å². The first-order chi connectivity index (χ1) is 14.6. The van der Waals surface area contributed by atoms with Crippen LogP contribution in [0.4, 0.5) is 0 Å². The Labute approximate surface area is 193 Å². The van der Waals surface area contributed by atoms with E-state index in [1.807, 2.05) is 6.26 Å². The van der Waals surface area contributed by atoms with Gasteiger partial charge in [0.25, 0.3) is 0 Å². The first-order valence-corrected chi connectivity index (χ1v) is 12.3. The summed E-state index contributed by atoms with van der Waals surface area (Å²) in [5.74, 6) is -2.58. The molecule has 8 N–H and O–H groups in total. The molecule has 10 nitrogen and oxygen atoms in total. The Hall–Kier alpha value is -1.50. The number of amides is 3. The fraction of sp³-hybridized carbons (Fsp3) is 0.789. The largest absolute Gasteiger partial charge is 0.480 e. The summed E-state index contributed by atoms with van der Waals surface area (Å²) in [6.45, 7) is 4.05. The molecule has 0 fully saturated rings. The molecule has 0 saturated carbocycles. The molecule has 0 rings (SSSR count). The van der Waals surface area contributed by atoms with E-state index in [1.54, 1.807) is 13.8 Å². The quantitative estimate of drug-likeness (QED) is 0.112. The summed E-state index contributed by atoms with van der Waals surface area (Å²) in [4.78, 5) is 49.0. The topological polar surface area (TPSA) is 177 Å². The summed E-state index contributed by atoms with van der Waals surface area (Å²) in [6, 6.07) is -3.77. The molecule has 12 heteroatoms. The number of carboxylic acids is 1. The molecule has 3 amide bonds. The van der Waals surface area contributed by atoms with E-state index in [4.69, 9.17) is 16.6 Å². The Morgan fingerprint density at radius 3 is 2.06 bits per heavy atom. The number of hydrogen-bond donors (Lipinski definition) is 7. The first kappa shape index (κ1) is 29.5. The molecule has 0 spiro atoms. The summed E-state index contributed by atoms with van der Waals surface area (Å²) in [5, 5.41) is 16.8. The van der Waals surface area contributed by atoms with E-state index in [0.717, 1.165) is 6.42 Å². The van der Waals surface area contributed by atoms with Crippen molar-refractivity contribution in [2.45, 2.75) is 63.7 Å². The van der Waals surface area contributed by atoms with Gasteiger partial charge in [0.2, 0.25) is 17.7 Å². The van der Waals surface area contributed by atoms with Crippen LogP contribution in [0, 0.1) is 5.92 Å². The number of hydrogen-bond acceptors (Lipinski definition) is 8. The number of carboxylic acid groups (broad SMARTS) is 1. The Morgan fingerprint density at radius 2 is 1.58 bits per heavy atom. The van der Waals surface area contributed by atoms with Gasteiger partial charge in [0.1, 0.15) is 18.1 Å². The van der Waals surface area contributed by atoms with Crippen molar-refractivity contribution in [2.75, 3.05) is 24.3 Å². The number of carbonyl (C=O) groups excluding carboxylic acids is 3. The van der Waals surface area contributed by atoms with Gasteiger partial charge in [-0.3, -0.25) is 14.4 Å². The van der Waals surface area contributed by atoms with Crippen LogP contribution in [0.5, 0.6) is 0 Å². The molecule has 0 saturated heterocycles. The highest BCUT2D eigenvalue weighted by atomic mass is 32.2. The minimum absolute atomic E-state index is 0.0863. The van der Waals surface area contributed by atoms with Crippen molar-refractivity contribution in [3.8, 4) is 0 Å². The lowest BCUT2D eigenvalue weighted by atomic mass is 10.0. The number of thiol groups is 1. The van der Waals surface area contributed by atoms with Gasteiger partial charge in [-0.15, -0.1) is 0 Å². The number of rotatable bonds is 16. The number of nitrogens with one attached hydrogen (secondary N) is 3. The van der Waals surface area contributed by atoms with E-state index in [1.165, 1.54) is 11.8 Å². The molecule has 180 valence electrons. The predicted molar refractivity (Wildman–Crippen MR) is 126 cm³/mol. The van der Waals surface area contributed by atoms with Crippen LogP contribution in [-0.4, -0.2) is 77.3 Å².